The molecule has 0 amide bonds. The summed E-state index contributed by atoms with van der Waals surface area (Å²) in [5, 5.41) is 0. The first-order chi connectivity index (χ1) is 6.24. The summed E-state index contributed by atoms with van der Waals surface area (Å²) in [4.78, 5) is 2.00. The average molecular weight is 185 g/mol. The molecule has 0 radical (unpaired) electrons. The Bertz CT molecular complexity index is 190. The minimum atomic E-state index is -0.767. The molecule has 0 aliphatic carbocycles. The van der Waals surface area contributed by atoms with E-state index in [1.807, 2.05) is 11.9 Å². The van der Waals surface area contributed by atoms with Crippen molar-refractivity contribution < 1.29 is 9.13 Å². The number of hydrogen-bond donors (Lipinski definition) is 0. The SMILES string of the molecule is C#CCOCC1CCN(C)CC1F. The van der Waals surface area contributed by atoms with Gasteiger partial charge in [-0.05, 0) is 20.0 Å². The third-order valence-corrected chi connectivity index (χ3v) is 2.40. The summed E-state index contributed by atoms with van der Waals surface area (Å²) in [6.07, 6.45) is 5.12. The van der Waals surface area contributed by atoms with E-state index in [0.717, 1.165) is 13.0 Å². The molecule has 3 heteroatoms. The van der Waals surface area contributed by atoms with Crippen molar-refractivity contribution in [2.45, 2.75) is 12.6 Å². The summed E-state index contributed by atoms with van der Waals surface area (Å²) in [5.41, 5.74) is 0. The van der Waals surface area contributed by atoms with E-state index in [2.05, 4.69) is 5.92 Å². The summed E-state index contributed by atoms with van der Waals surface area (Å²) in [7, 11) is 1.94. The first-order valence-electron chi connectivity index (χ1n) is 4.58. The maximum Gasteiger partial charge on any atom is 0.118 e. The molecule has 1 aliphatic heterocycles. The Labute approximate surface area is 79.1 Å². The Hall–Kier alpha value is -0.590. The zero-order chi connectivity index (χ0) is 9.68. The molecular formula is C10H16FNO. The molecule has 0 spiro atoms. The second-order valence-electron chi connectivity index (χ2n) is 3.55. The van der Waals surface area contributed by atoms with Crippen LogP contribution in [0.1, 0.15) is 6.42 Å². The van der Waals surface area contributed by atoms with E-state index in [0.29, 0.717) is 19.8 Å². The zero-order valence-electron chi connectivity index (χ0n) is 8.00. The van der Waals surface area contributed by atoms with E-state index in [9.17, 15) is 4.39 Å². The quantitative estimate of drug-likeness (QED) is 0.479. The van der Waals surface area contributed by atoms with Gasteiger partial charge in [0.2, 0.25) is 0 Å². The second-order valence-corrected chi connectivity index (χ2v) is 3.55. The molecule has 2 nitrogen and oxygen atoms in total. The van der Waals surface area contributed by atoms with Gasteiger partial charge in [0.15, 0.2) is 0 Å². The summed E-state index contributed by atoms with van der Waals surface area (Å²) in [6, 6.07) is 0. The van der Waals surface area contributed by atoms with Crippen LogP contribution < -0.4 is 0 Å². The van der Waals surface area contributed by atoms with Gasteiger partial charge in [0.1, 0.15) is 12.8 Å². The third-order valence-electron chi connectivity index (χ3n) is 2.40. The maximum absolute atomic E-state index is 13.4. The van der Waals surface area contributed by atoms with Crippen molar-refractivity contribution in [3.63, 3.8) is 0 Å². The number of likely N-dealkylation sites (tertiary alicyclic amines) is 1. The summed E-state index contributed by atoms with van der Waals surface area (Å²) < 4.78 is 18.5. The first kappa shape index (κ1) is 10.5. The normalized spacial score (nSPS) is 29.9. The van der Waals surface area contributed by atoms with Crippen LogP contribution in [0.5, 0.6) is 0 Å². The van der Waals surface area contributed by atoms with Crippen molar-refractivity contribution in [3.8, 4) is 12.3 Å². The van der Waals surface area contributed by atoms with Crippen LogP contribution >= 0.6 is 0 Å². The van der Waals surface area contributed by atoms with Crippen molar-refractivity contribution in [3.05, 3.63) is 0 Å². The highest BCUT2D eigenvalue weighted by molar-refractivity contribution is 4.84. The van der Waals surface area contributed by atoms with Crippen LogP contribution in [0.4, 0.5) is 4.39 Å². The van der Waals surface area contributed by atoms with Gasteiger partial charge in [0.25, 0.3) is 0 Å². The highest BCUT2D eigenvalue weighted by atomic mass is 19.1. The molecule has 1 aliphatic rings. The van der Waals surface area contributed by atoms with Crippen molar-refractivity contribution in [2.75, 3.05) is 33.4 Å². The monoisotopic (exact) mass is 185 g/mol. The van der Waals surface area contributed by atoms with Crippen molar-refractivity contribution in [2.24, 2.45) is 5.92 Å². The Morgan fingerprint density at radius 2 is 2.46 bits per heavy atom. The Morgan fingerprint density at radius 1 is 1.69 bits per heavy atom. The number of rotatable bonds is 3. The lowest BCUT2D eigenvalue weighted by Gasteiger charge is -2.31. The fourth-order valence-corrected chi connectivity index (χ4v) is 1.56. The van der Waals surface area contributed by atoms with E-state index in [1.165, 1.54) is 0 Å². The molecule has 2 unspecified atom stereocenters. The van der Waals surface area contributed by atoms with Gasteiger partial charge in [0, 0.05) is 12.5 Å². The molecule has 0 N–H and O–H groups in total. The Kier molecular flexibility index (Phi) is 4.20. The van der Waals surface area contributed by atoms with Crippen LogP contribution in [0.25, 0.3) is 0 Å². The fourth-order valence-electron chi connectivity index (χ4n) is 1.56. The van der Waals surface area contributed by atoms with E-state index in [-0.39, 0.29) is 5.92 Å². The van der Waals surface area contributed by atoms with Gasteiger partial charge in [-0.25, -0.2) is 4.39 Å². The molecule has 13 heavy (non-hydrogen) atoms. The van der Waals surface area contributed by atoms with Crippen LogP contribution in [0, 0.1) is 18.3 Å². The topological polar surface area (TPSA) is 12.5 Å². The van der Waals surface area contributed by atoms with Crippen LogP contribution in [0.2, 0.25) is 0 Å². The van der Waals surface area contributed by atoms with Crippen molar-refractivity contribution in [1.82, 2.24) is 4.90 Å². The van der Waals surface area contributed by atoms with Crippen molar-refractivity contribution >= 4 is 0 Å². The Balaban J connectivity index is 2.22. The molecule has 0 aromatic rings. The lowest BCUT2D eigenvalue weighted by Crippen LogP contribution is -2.41. The van der Waals surface area contributed by atoms with Crippen molar-refractivity contribution in [1.29, 1.82) is 0 Å². The van der Waals surface area contributed by atoms with Gasteiger partial charge in [-0.2, -0.15) is 0 Å². The fraction of sp³-hybridized carbons (Fsp3) is 0.800. The maximum atomic E-state index is 13.4. The lowest BCUT2D eigenvalue weighted by molar-refractivity contribution is 0.0344. The van der Waals surface area contributed by atoms with Gasteiger partial charge in [-0.15, -0.1) is 6.42 Å². The summed E-state index contributed by atoms with van der Waals surface area (Å²) in [6.45, 7) is 2.22. The van der Waals surface area contributed by atoms with Crippen LogP contribution in [0.15, 0.2) is 0 Å². The zero-order valence-corrected chi connectivity index (χ0v) is 8.00. The minimum Gasteiger partial charge on any atom is -0.368 e. The number of piperidine rings is 1. The standard InChI is InChI=1S/C10H16FNO/c1-3-6-13-8-9-4-5-12(2)7-10(9)11/h1,9-10H,4-8H2,2H3. The van der Waals surface area contributed by atoms with E-state index >= 15 is 0 Å². The van der Waals surface area contributed by atoms with Crippen LogP contribution in [0.3, 0.4) is 0 Å². The number of hydrogen-bond acceptors (Lipinski definition) is 2. The first-order valence-corrected chi connectivity index (χ1v) is 4.58. The smallest absolute Gasteiger partial charge is 0.118 e. The number of alkyl halides is 1. The molecule has 0 aromatic carbocycles. The van der Waals surface area contributed by atoms with Gasteiger partial charge < -0.3 is 9.64 Å². The number of terminal acetylenes is 1. The van der Waals surface area contributed by atoms with Gasteiger partial charge in [-0.1, -0.05) is 5.92 Å². The molecule has 74 valence electrons. The number of halogens is 1. The molecule has 0 aromatic heterocycles. The minimum absolute atomic E-state index is 0.0320. The Morgan fingerprint density at radius 3 is 3.08 bits per heavy atom. The van der Waals surface area contributed by atoms with Crippen LogP contribution in [-0.4, -0.2) is 44.4 Å². The largest absolute Gasteiger partial charge is 0.368 e. The molecule has 1 saturated heterocycles. The molecule has 1 rings (SSSR count). The molecule has 0 bridgehead atoms. The van der Waals surface area contributed by atoms with E-state index in [1.54, 1.807) is 0 Å². The predicted octanol–water partition coefficient (Wildman–Crippen LogP) is 0.926. The van der Waals surface area contributed by atoms with Gasteiger partial charge in [0.05, 0.1) is 6.61 Å². The second kappa shape index (κ2) is 5.21. The molecule has 2 atom stereocenters. The summed E-state index contributed by atoms with van der Waals surface area (Å²) in [5.74, 6) is 2.41. The molecule has 1 heterocycles. The number of ether oxygens (including phenoxy) is 1. The average Bonchev–Trinajstić information content (AvgIpc) is 2.09. The van der Waals surface area contributed by atoms with Gasteiger partial charge in [-0.3, -0.25) is 0 Å². The number of nitrogens with zero attached hydrogens (tertiary/aromatic N) is 1. The van der Waals surface area contributed by atoms with E-state index in [4.69, 9.17) is 11.2 Å². The predicted molar refractivity (Wildman–Crippen MR) is 50.2 cm³/mol. The van der Waals surface area contributed by atoms with Crippen LogP contribution in [-0.2, 0) is 4.74 Å². The lowest BCUT2D eigenvalue weighted by atomic mass is 9.96. The highest BCUT2D eigenvalue weighted by Gasteiger charge is 2.27. The highest BCUT2D eigenvalue weighted by Crippen LogP contribution is 2.19. The third kappa shape index (κ3) is 3.33. The van der Waals surface area contributed by atoms with E-state index < -0.39 is 6.17 Å². The van der Waals surface area contributed by atoms with Gasteiger partial charge >= 0.3 is 0 Å². The molecule has 0 saturated carbocycles. The molecular weight excluding hydrogens is 169 g/mol. The molecule has 1 fully saturated rings. The summed E-state index contributed by atoms with van der Waals surface area (Å²) >= 11 is 0.